The Hall–Kier alpha value is -1.60. The average Bonchev–Trinajstić information content (AvgIpc) is 2.46. The summed E-state index contributed by atoms with van der Waals surface area (Å²) in [7, 11) is 4.05. The molecule has 3 nitrogen and oxygen atoms in total. The molecule has 0 atom stereocenters. The van der Waals surface area contributed by atoms with Gasteiger partial charge >= 0.3 is 125 Å². The number of hydrogen-bond acceptors (Lipinski definition) is 3. The van der Waals surface area contributed by atoms with Crippen LogP contribution in [0.4, 0.5) is 17.1 Å². The minimum absolute atomic E-state index is 0.785. The quantitative estimate of drug-likeness (QED) is 0.612. The van der Waals surface area contributed by atoms with Crippen molar-refractivity contribution in [2.75, 3.05) is 19.0 Å². The monoisotopic (exact) mass is 329 g/mol. The van der Waals surface area contributed by atoms with E-state index in [1.165, 1.54) is 4.35 Å². The zero-order chi connectivity index (χ0) is 14.5. The zero-order valence-corrected chi connectivity index (χ0v) is 14.3. The van der Waals surface area contributed by atoms with Gasteiger partial charge in [-0.05, 0) is 0 Å². The van der Waals surface area contributed by atoms with E-state index in [4.69, 9.17) is 0 Å². The standard InChI is InChI=1S/C16H20AsN3/c1-17(2)13-5-7-14(8-6-13)18-19-15-9-11-16(12-10-15)20(3)4/h5-12H,1-4H3. The third kappa shape index (κ3) is 3.94. The summed E-state index contributed by atoms with van der Waals surface area (Å²) in [6.45, 7) is 0. The van der Waals surface area contributed by atoms with Crippen molar-refractivity contribution in [3.05, 3.63) is 48.5 Å². The molecular weight excluding hydrogens is 309 g/mol. The minimum atomic E-state index is -0.785. The van der Waals surface area contributed by atoms with Crippen LogP contribution in [0, 0.1) is 0 Å². The normalized spacial score (nSPS) is 11.2. The Morgan fingerprint density at radius 2 is 1.20 bits per heavy atom. The summed E-state index contributed by atoms with van der Waals surface area (Å²) in [5.41, 5.74) is 7.60. The van der Waals surface area contributed by atoms with E-state index in [1.807, 2.05) is 50.5 Å². The molecule has 0 aromatic heterocycles. The molecule has 0 spiro atoms. The van der Waals surface area contributed by atoms with Crippen LogP contribution < -0.4 is 9.25 Å². The predicted molar refractivity (Wildman–Crippen MR) is 88.5 cm³/mol. The topological polar surface area (TPSA) is 28.0 Å². The second kappa shape index (κ2) is 6.71. The van der Waals surface area contributed by atoms with Crippen LogP contribution in [0.2, 0.25) is 11.4 Å². The molecule has 4 heteroatoms. The van der Waals surface area contributed by atoms with Gasteiger partial charge in [-0.15, -0.1) is 0 Å². The van der Waals surface area contributed by atoms with Gasteiger partial charge in [0.1, 0.15) is 0 Å². The van der Waals surface area contributed by atoms with Crippen LogP contribution >= 0.6 is 0 Å². The van der Waals surface area contributed by atoms with Crippen molar-refractivity contribution < 1.29 is 0 Å². The average molecular weight is 329 g/mol. The van der Waals surface area contributed by atoms with Gasteiger partial charge in [-0.3, -0.25) is 0 Å². The molecule has 104 valence electrons. The molecule has 0 amide bonds. The van der Waals surface area contributed by atoms with E-state index < -0.39 is 14.7 Å². The van der Waals surface area contributed by atoms with E-state index in [2.05, 4.69) is 38.7 Å². The molecule has 2 aromatic carbocycles. The fourth-order valence-electron chi connectivity index (χ4n) is 1.75. The van der Waals surface area contributed by atoms with Crippen molar-refractivity contribution in [3.63, 3.8) is 0 Å². The molecule has 0 heterocycles. The van der Waals surface area contributed by atoms with E-state index in [-0.39, 0.29) is 0 Å². The van der Waals surface area contributed by atoms with E-state index in [0.717, 1.165) is 17.1 Å². The third-order valence-electron chi connectivity index (χ3n) is 3.01. The molecule has 0 fully saturated rings. The van der Waals surface area contributed by atoms with Crippen LogP contribution in [0.15, 0.2) is 58.8 Å². The Kier molecular flexibility index (Phi) is 4.97. The van der Waals surface area contributed by atoms with Gasteiger partial charge in [0.15, 0.2) is 0 Å². The van der Waals surface area contributed by atoms with E-state index in [9.17, 15) is 0 Å². The summed E-state index contributed by atoms with van der Waals surface area (Å²) >= 11 is -0.785. The first-order valence-corrected chi connectivity index (χ1v) is 11.2. The fourth-order valence-corrected chi connectivity index (χ4v) is 3.31. The Bertz CT molecular complexity index is 518. The SMILES string of the molecule is CN(C)c1ccc(N=Nc2ccc([As](C)C)cc2)cc1. The van der Waals surface area contributed by atoms with Gasteiger partial charge in [-0.1, -0.05) is 0 Å². The van der Waals surface area contributed by atoms with Crippen molar-refractivity contribution in [3.8, 4) is 0 Å². The Balaban J connectivity index is 2.08. The summed E-state index contributed by atoms with van der Waals surface area (Å²) in [5, 5.41) is 8.55. The molecule has 0 bridgehead atoms. The number of anilines is 1. The van der Waals surface area contributed by atoms with Crippen molar-refractivity contribution >= 4 is 36.1 Å². The maximum atomic E-state index is 4.28. The van der Waals surface area contributed by atoms with Gasteiger partial charge in [0, 0.05) is 0 Å². The van der Waals surface area contributed by atoms with Crippen LogP contribution in [0.1, 0.15) is 0 Å². The van der Waals surface area contributed by atoms with Gasteiger partial charge in [0.25, 0.3) is 0 Å². The summed E-state index contributed by atoms with van der Waals surface area (Å²) in [5.74, 6) is 0. The molecule has 0 radical (unpaired) electrons. The summed E-state index contributed by atoms with van der Waals surface area (Å²) < 4.78 is 1.46. The zero-order valence-electron chi connectivity index (χ0n) is 12.4. The van der Waals surface area contributed by atoms with Crippen molar-refractivity contribution in [2.45, 2.75) is 11.4 Å². The summed E-state index contributed by atoms with van der Waals surface area (Å²) in [6, 6.07) is 16.5. The van der Waals surface area contributed by atoms with Crippen LogP contribution in [0.5, 0.6) is 0 Å². The molecule has 0 saturated carbocycles. The molecule has 2 aromatic rings. The molecule has 0 unspecified atom stereocenters. The molecule has 0 aliphatic heterocycles. The molecular formula is C16H20AsN3. The number of nitrogens with zero attached hydrogens (tertiary/aromatic N) is 3. The Morgan fingerprint density at radius 1 is 0.750 bits per heavy atom. The van der Waals surface area contributed by atoms with Crippen LogP contribution in [-0.4, -0.2) is 28.7 Å². The van der Waals surface area contributed by atoms with Crippen molar-refractivity contribution in [1.82, 2.24) is 0 Å². The number of hydrogen-bond donors (Lipinski definition) is 0. The molecule has 20 heavy (non-hydrogen) atoms. The molecule has 2 rings (SSSR count). The summed E-state index contributed by atoms with van der Waals surface area (Å²) in [4.78, 5) is 2.07. The fraction of sp³-hybridized carbons (Fsp3) is 0.250. The molecule has 0 N–H and O–H groups in total. The summed E-state index contributed by atoms with van der Waals surface area (Å²) in [6.07, 6.45) is 0. The Morgan fingerprint density at radius 3 is 1.60 bits per heavy atom. The number of benzene rings is 2. The predicted octanol–water partition coefficient (Wildman–Crippen LogP) is 4.13. The van der Waals surface area contributed by atoms with Gasteiger partial charge < -0.3 is 0 Å². The van der Waals surface area contributed by atoms with Crippen LogP contribution in [0.3, 0.4) is 0 Å². The first-order valence-electron chi connectivity index (χ1n) is 6.53. The van der Waals surface area contributed by atoms with Gasteiger partial charge in [-0.2, -0.15) is 0 Å². The van der Waals surface area contributed by atoms with Crippen LogP contribution in [-0.2, 0) is 0 Å². The van der Waals surface area contributed by atoms with E-state index in [1.54, 1.807) is 0 Å². The van der Waals surface area contributed by atoms with Gasteiger partial charge in [0.05, 0.1) is 0 Å². The maximum absolute atomic E-state index is 4.28. The molecule has 0 saturated heterocycles. The Labute approximate surface area is 125 Å². The van der Waals surface area contributed by atoms with Crippen molar-refractivity contribution in [2.24, 2.45) is 10.2 Å². The van der Waals surface area contributed by atoms with Crippen molar-refractivity contribution in [1.29, 1.82) is 0 Å². The van der Waals surface area contributed by atoms with Gasteiger partial charge in [0.2, 0.25) is 0 Å². The third-order valence-corrected chi connectivity index (χ3v) is 5.81. The van der Waals surface area contributed by atoms with E-state index in [0.29, 0.717) is 0 Å². The number of azo groups is 1. The first-order chi connectivity index (χ1) is 9.56. The second-order valence-corrected chi connectivity index (χ2v) is 9.86. The van der Waals surface area contributed by atoms with Crippen LogP contribution in [0.25, 0.3) is 0 Å². The number of rotatable bonds is 4. The first kappa shape index (κ1) is 14.8. The molecule has 0 aliphatic carbocycles. The van der Waals surface area contributed by atoms with Gasteiger partial charge in [-0.25, -0.2) is 0 Å². The molecule has 0 aliphatic rings. The second-order valence-electron chi connectivity index (χ2n) is 5.02. The van der Waals surface area contributed by atoms with E-state index >= 15 is 0 Å².